The zero-order valence-corrected chi connectivity index (χ0v) is 13.0. The Morgan fingerprint density at radius 1 is 1.20 bits per heavy atom. The second kappa shape index (κ2) is 6.04. The maximum atomic E-state index is 12.2. The van der Waals surface area contributed by atoms with Crippen LogP contribution in [0.1, 0.15) is 43.2 Å². The number of anilines is 1. The molecule has 1 aromatic rings. The van der Waals surface area contributed by atoms with Crippen molar-refractivity contribution in [3.63, 3.8) is 0 Å². The highest BCUT2D eigenvalue weighted by molar-refractivity contribution is 7.92. The van der Waals surface area contributed by atoms with Crippen molar-refractivity contribution in [2.24, 2.45) is 5.92 Å². The second-order valence-electron chi connectivity index (χ2n) is 5.87. The third-order valence-corrected chi connectivity index (χ3v) is 5.33. The van der Waals surface area contributed by atoms with Gasteiger partial charge in [0.2, 0.25) is 10.0 Å². The molecule has 0 unspecified atom stereocenters. The highest BCUT2D eigenvalue weighted by Crippen LogP contribution is 2.31. The molecule has 0 bridgehead atoms. The lowest BCUT2D eigenvalue weighted by molar-refractivity contribution is 0.385. The van der Waals surface area contributed by atoms with Crippen molar-refractivity contribution in [1.29, 1.82) is 0 Å². The molecule has 4 nitrogen and oxygen atoms in total. The molecule has 1 aromatic carbocycles. The third-order valence-electron chi connectivity index (χ3n) is 3.89. The highest BCUT2D eigenvalue weighted by atomic mass is 32.2. The smallest absolute Gasteiger partial charge is 0.233 e. The van der Waals surface area contributed by atoms with Gasteiger partial charge in [-0.1, -0.05) is 25.3 Å². The van der Waals surface area contributed by atoms with Gasteiger partial charge in [-0.25, -0.2) is 8.42 Å². The van der Waals surface area contributed by atoms with Crippen molar-refractivity contribution in [2.75, 3.05) is 10.5 Å². The van der Waals surface area contributed by atoms with Crippen LogP contribution < -0.4 is 4.72 Å². The summed E-state index contributed by atoms with van der Waals surface area (Å²) in [6, 6.07) is 3.50. The molecule has 0 atom stereocenters. The van der Waals surface area contributed by atoms with Crippen molar-refractivity contribution in [1.82, 2.24) is 0 Å². The van der Waals surface area contributed by atoms with Crippen LogP contribution in [0.5, 0.6) is 5.75 Å². The topological polar surface area (TPSA) is 66.4 Å². The summed E-state index contributed by atoms with van der Waals surface area (Å²) in [6.45, 7) is 3.65. The molecular weight excluding hydrogens is 274 g/mol. The zero-order chi connectivity index (χ0) is 14.8. The molecule has 5 heteroatoms. The molecule has 0 aromatic heterocycles. The average molecular weight is 297 g/mol. The Balaban J connectivity index is 2.11. The van der Waals surface area contributed by atoms with E-state index in [1.165, 1.54) is 6.42 Å². The van der Waals surface area contributed by atoms with Gasteiger partial charge in [0.1, 0.15) is 5.75 Å². The summed E-state index contributed by atoms with van der Waals surface area (Å²) >= 11 is 0. The van der Waals surface area contributed by atoms with Gasteiger partial charge in [0.25, 0.3) is 0 Å². The maximum absolute atomic E-state index is 12.2. The Kier molecular flexibility index (Phi) is 4.58. The van der Waals surface area contributed by atoms with Gasteiger partial charge in [-0.2, -0.15) is 0 Å². The minimum Gasteiger partial charge on any atom is -0.505 e. The Morgan fingerprint density at radius 2 is 1.85 bits per heavy atom. The van der Waals surface area contributed by atoms with Gasteiger partial charge in [-0.05, 0) is 49.8 Å². The molecular formula is C15H23NO3S. The number of hydrogen-bond acceptors (Lipinski definition) is 3. The summed E-state index contributed by atoms with van der Waals surface area (Å²) in [7, 11) is -3.40. The van der Waals surface area contributed by atoms with Gasteiger partial charge >= 0.3 is 0 Å². The van der Waals surface area contributed by atoms with E-state index in [1.807, 2.05) is 13.0 Å². The Morgan fingerprint density at radius 3 is 2.50 bits per heavy atom. The van der Waals surface area contributed by atoms with Crippen LogP contribution >= 0.6 is 0 Å². The summed E-state index contributed by atoms with van der Waals surface area (Å²) in [4.78, 5) is 0. The minimum atomic E-state index is -3.40. The number of sulfonamides is 1. The SMILES string of the molecule is Cc1cc(C)c(O)c(NS(=O)(=O)CC2CCCCC2)c1. The highest BCUT2D eigenvalue weighted by Gasteiger charge is 2.22. The van der Waals surface area contributed by atoms with Gasteiger partial charge in [-0.3, -0.25) is 4.72 Å². The molecule has 112 valence electrons. The number of aryl methyl sites for hydroxylation is 2. The quantitative estimate of drug-likeness (QED) is 0.838. The molecule has 1 aliphatic carbocycles. The molecule has 2 rings (SSSR count). The second-order valence-corrected chi connectivity index (χ2v) is 7.63. The monoisotopic (exact) mass is 297 g/mol. The Hall–Kier alpha value is -1.23. The lowest BCUT2D eigenvalue weighted by Gasteiger charge is -2.22. The lowest BCUT2D eigenvalue weighted by Crippen LogP contribution is -2.24. The van der Waals surface area contributed by atoms with E-state index in [0.717, 1.165) is 31.2 Å². The predicted octanol–water partition coefficient (Wildman–Crippen LogP) is 3.33. The normalized spacial score (nSPS) is 17.1. The fourth-order valence-electron chi connectivity index (χ4n) is 2.91. The van der Waals surface area contributed by atoms with Crippen LogP contribution in [-0.2, 0) is 10.0 Å². The first-order chi connectivity index (χ1) is 9.37. The Labute approximate surface area is 121 Å². The first kappa shape index (κ1) is 15.2. The summed E-state index contributed by atoms with van der Waals surface area (Å²) < 4.78 is 27.0. The number of phenolic OH excluding ortho intramolecular Hbond substituents is 1. The van der Waals surface area contributed by atoms with Gasteiger partial charge in [0, 0.05) is 0 Å². The van der Waals surface area contributed by atoms with E-state index in [2.05, 4.69) is 4.72 Å². The first-order valence-electron chi connectivity index (χ1n) is 7.18. The van der Waals surface area contributed by atoms with Crippen LogP contribution in [0.3, 0.4) is 0 Å². The molecule has 2 N–H and O–H groups in total. The largest absolute Gasteiger partial charge is 0.505 e. The van der Waals surface area contributed by atoms with Crippen molar-refractivity contribution < 1.29 is 13.5 Å². The predicted molar refractivity (Wildman–Crippen MR) is 81.6 cm³/mol. The van der Waals surface area contributed by atoms with E-state index in [-0.39, 0.29) is 17.4 Å². The van der Waals surface area contributed by atoms with E-state index in [9.17, 15) is 13.5 Å². The molecule has 1 fully saturated rings. The van der Waals surface area contributed by atoms with E-state index in [1.54, 1.807) is 13.0 Å². The van der Waals surface area contributed by atoms with Crippen molar-refractivity contribution in [3.05, 3.63) is 23.3 Å². The van der Waals surface area contributed by atoms with Crippen molar-refractivity contribution in [3.8, 4) is 5.75 Å². The van der Waals surface area contributed by atoms with Gasteiger partial charge in [-0.15, -0.1) is 0 Å². The number of phenols is 1. The van der Waals surface area contributed by atoms with Crippen LogP contribution in [0.15, 0.2) is 12.1 Å². The van der Waals surface area contributed by atoms with E-state index >= 15 is 0 Å². The molecule has 0 spiro atoms. The van der Waals surface area contributed by atoms with E-state index in [0.29, 0.717) is 11.3 Å². The molecule has 1 saturated carbocycles. The first-order valence-corrected chi connectivity index (χ1v) is 8.83. The lowest BCUT2D eigenvalue weighted by atomic mass is 9.91. The zero-order valence-electron chi connectivity index (χ0n) is 12.1. The summed E-state index contributed by atoms with van der Waals surface area (Å²) in [5, 5.41) is 9.96. The standard InChI is InChI=1S/C15H23NO3S/c1-11-8-12(2)15(17)14(9-11)16-20(18,19)10-13-6-4-3-5-7-13/h8-9,13,16-17H,3-7,10H2,1-2H3. The molecule has 0 aliphatic heterocycles. The molecule has 20 heavy (non-hydrogen) atoms. The number of nitrogens with one attached hydrogen (secondary N) is 1. The van der Waals surface area contributed by atoms with Crippen molar-refractivity contribution in [2.45, 2.75) is 46.0 Å². The number of rotatable bonds is 4. The van der Waals surface area contributed by atoms with Crippen LogP contribution in [0, 0.1) is 19.8 Å². The fraction of sp³-hybridized carbons (Fsp3) is 0.600. The number of aromatic hydroxyl groups is 1. The Bertz CT molecular complexity index is 575. The molecule has 0 radical (unpaired) electrons. The van der Waals surface area contributed by atoms with Crippen LogP contribution in [-0.4, -0.2) is 19.3 Å². The summed E-state index contributed by atoms with van der Waals surface area (Å²) in [6.07, 6.45) is 5.42. The minimum absolute atomic E-state index is 0.0165. The van der Waals surface area contributed by atoms with Gasteiger partial charge < -0.3 is 5.11 Å². The van der Waals surface area contributed by atoms with Gasteiger partial charge in [0.05, 0.1) is 11.4 Å². The van der Waals surface area contributed by atoms with Crippen molar-refractivity contribution >= 4 is 15.7 Å². The third kappa shape index (κ3) is 3.88. The fourth-order valence-corrected chi connectivity index (χ4v) is 4.44. The molecule has 0 saturated heterocycles. The number of benzene rings is 1. The number of hydrogen-bond donors (Lipinski definition) is 2. The maximum Gasteiger partial charge on any atom is 0.233 e. The molecule has 0 amide bonds. The molecule has 1 aliphatic rings. The van der Waals surface area contributed by atoms with Crippen LogP contribution in [0.2, 0.25) is 0 Å². The van der Waals surface area contributed by atoms with E-state index < -0.39 is 10.0 Å². The molecule has 0 heterocycles. The summed E-state index contributed by atoms with van der Waals surface area (Å²) in [5.74, 6) is 0.413. The van der Waals surface area contributed by atoms with Gasteiger partial charge in [0.15, 0.2) is 0 Å². The van der Waals surface area contributed by atoms with E-state index in [4.69, 9.17) is 0 Å². The average Bonchev–Trinajstić information content (AvgIpc) is 2.35. The van der Waals surface area contributed by atoms with Crippen LogP contribution in [0.4, 0.5) is 5.69 Å². The van der Waals surface area contributed by atoms with Crippen LogP contribution in [0.25, 0.3) is 0 Å². The summed E-state index contributed by atoms with van der Waals surface area (Å²) in [5.41, 5.74) is 1.90.